The molecule has 2 aromatic heterocycles. The Hall–Kier alpha value is -5.08. The lowest BCUT2D eigenvalue weighted by Gasteiger charge is -2.32. The first-order chi connectivity index (χ1) is 25.0. The van der Waals surface area contributed by atoms with Gasteiger partial charge in [0.05, 0.1) is 33.7 Å². The highest BCUT2D eigenvalue weighted by molar-refractivity contribution is 5.86. The molecule has 0 fully saturated rings. The highest BCUT2D eigenvalue weighted by atomic mass is 16.4. The molecule has 2 rings (SSSR count). The first-order valence-electron chi connectivity index (χ1n) is 17.5. The summed E-state index contributed by atoms with van der Waals surface area (Å²) in [5.74, 6) is -3.37. The van der Waals surface area contributed by atoms with Gasteiger partial charge in [-0.3, -0.25) is 4.79 Å². The average molecular weight is 755 g/mol. The topological polar surface area (TPSA) is 283 Å². The van der Waals surface area contributed by atoms with Crippen LogP contribution in [0.5, 0.6) is 0 Å². The van der Waals surface area contributed by atoms with E-state index in [0.29, 0.717) is 56.2 Å². The van der Waals surface area contributed by atoms with E-state index in [1.165, 1.54) is 0 Å². The van der Waals surface area contributed by atoms with Crippen LogP contribution >= 0.6 is 0 Å². The van der Waals surface area contributed by atoms with Crippen LogP contribution in [-0.4, -0.2) is 120 Å². The van der Waals surface area contributed by atoms with E-state index in [1.54, 1.807) is 33.9 Å². The Labute approximate surface area is 307 Å². The summed E-state index contributed by atoms with van der Waals surface area (Å²) in [6.07, 6.45) is 9.53. The van der Waals surface area contributed by atoms with E-state index in [2.05, 4.69) is 16.0 Å². The number of hydrogen-bond acceptors (Lipinski definition) is 8. The number of carbonyl (C=O) groups excluding carboxylic acids is 2. The number of nitrogens with zero attached hydrogens (tertiary/aromatic N) is 5. The van der Waals surface area contributed by atoms with Gasteiger partial charge >= 0.3 is 41.6 Å². The third-order valence-electron chi connectivity index (χ3n) is 8.95. The van der Waals surface area contributed by atoms with Gasteiger partial charge in [-0.25, -0.2) is 42.2 Å². The Kier molecular flexibility index (Phi) is 17.8. The fourth-order valence-corrected chi connectivity index (χ4v) is 5.96. The lowest BCUT2D eigenvalue weighted by molar-refractivity contribution is -0.951. The van der Waals surface area contributed by atoms with Gasteiger partial charge in [-0.2, -0.15) is 0 Å². The van der Waals surface area contributed by atoms with Crippen molar-refractivity contribution in [3.63, 3.8) is 0 Å². The van der Waals surface area contributed by atoms with Gasteiger partial charge < -0.3 is 51.7 Å². The van der Waals surface area contributed by atoms with Crippen molar-refractivity contribution < 1.29 is 67.9 Å². The predicted molar refractivity (Wildman–Crippen MR) is 184 cm³/mol. The van der Waals surface area contributed by atoms with Gasteiger partial charge in [0.25, 0.3) is 0 Å². The summed E-state index contributed by atoms with van der Waals surface area (Å²) in [4.78, 5) is 70.9. The number of carboxylic acids is 4. The summed E-state index contributed by atoms with van der Waals surface area (Å²) in [6.45, 7) is 1.05. The molecule has 3 unspecified atom stereocenters. The lowest BCUT2D eigenvalue weighted by Crippen LogP contribution is -2.51. The van der Waals surface area contributed by atoms with E-state index in [0.717, 1.165) is 11.6 Å². The molecule has 2 heterocycles. The summed E-state index contributed by atoms with van der Waals surface area (Å²) < 4.78 is 7.48. The maximum absolute atomic E-state index is 12.7. The molecule has 0 saturated heterocycles. The van der Waals surface area contributed by atoms with Crippen molar-refractivity contribution in [2.45, 2.75) is 95.7 Å². The largest absolute Gasteiger partial charge is 0.480 e. The maximum atomic E-state index is 12.7. The normalized spacial score (nSPS) is 13.2. The molecule has 0 saturated carbocycles. The van der Waals surface area contributed by atoms with Crippen molar-refractivity contribution in [1.82, 2.24) is 25.1 Å². The number of aromatic nitrogens is 4. The zero-order valence-electron chi connectivity index (χ0n) is 30.6. The Morgan fingerprint density at radius 2 is 1.23 bits per heavy atom. The number of aliphatic hydroxyl groups is 1. The number of urea groups is 1. The third kappa shape index (κ3) is 15.2. The van der Waals surface area contributed by atoms with Gasteiger partial charge in [-0.05, 0) is 51.4 Å². The van der Waals surface area contributed by atoms with Gasteiger partial charge in [0.1, 0.15) is 36.9 Å². The SMILES string of the molecule is C[n+]1ccn(CC(=O)O)c1C[N+](C)(CCCCC(N)C(=O)NCCCCC(NC(=O)NC(CCCO)C(=O)O)C(=O)O)Cc1n(CC(=O)O)cc[n+]1C. The van der Waals surface area contributed by atoms with E-state index in [1.807, 2.05) is 30.3 Å². The Balaban J connectivity index is 1.91. The van der Waals surface area contributed by atoms with Crippen molar-refractivity contribution in [2.75, 3.05) is 26.7 Å². The molecule has 3 amide bonds. The Bertz CT molecular complexity index is 1500. The van der Waals surface area contributed by atoms with E-state index in [-0.39, 0.29) is 51.4 Å². The number of carboxylic acid groups (broad SMARTS) is 4. The maximum Gasteiger partial charge on any atom is 0.346 e. The van der Waals surface area contributed by atoms with Crippen molar-refractivity contribution in [3.8, 4) is 0 Å². The monoisotopic (exact) mass is 754 g/mol. The van der Waals surface area contributed by atoms with Crippen LogP contribution in [0.25, 0.3) is 0 Å². The molecule has 0 radical (unpaired) electrons. The van der Waals surface area contributed by atoms with Crippen LogP contribution in [-0.2, 0) is 64.2 Å². The molecular weight excluding hydrogens is 698 g/mol. The first kappa shape index (κ1) is 44.1. The minimum absolute atomic E-state index is 0.0217. The number of nitrogens with two attached hydrogens (primary N) is 1. The molecule has 0 spiro atoms. The van der Waals surface area contributed by atoms with Gasteiger partial charge in [0, 0.05) is 13.2 Å². The quantitative estimate of drug-likeness (QED) is 0.0287. The first-order valence-corrected chi connectivity index (χ1v) is 17.5. The third-order valence-corrected chi connectivity index (χ3v) is 8.95. The fraction of sp³-hybridized carbons (Fsp3) is 0.636. The van der Waals surface area contributed by atoms with Crippen molar-refractivity contribution in [1.29, 1.82) is 0 Å². The molecule has 0 aromatic carbocycles. The molecule has 20 heteroatoms. The standard InChI is InChI=1S/C33H53N9O11/c1-38-13-15-40(19-28(44)45)26(38)21-42(3,22-27-39(2)14-16-41(27)20-29(46)47)17-7-5-9-23(34)30(48)35-12-6-4-10-24(31(49)50)36-33(53)37-25(32(51)52)11-8-18-43/h13-16,23-25,43H,4-12,17-22,34H2,1-3H3,(H4-3,35,36,37,44,45,46,47,48,49,50,51,52,53)/p+3. The molecule has 20 nitrogen and oxygen atoms in total. The molecule has 10 N–H and O–H groups in total. The molecule has 0 bridgehead atoms. The lowest BCUT2D eigenvalue weighted by atomic mass is 10.1. The number of nitrogens with one attached hydrogen (secondary N) is 3. The molecule has 2 aromatic rings. The van der Waals surface area contributed by atoms with E-state index >= 15 is 0 Å². The summed E-state index contributed by atoms with van der Waals surface area (Å²) in [5.41, 5.74) is 6.18. The van der Waals surface area contributed by atoms with Crippen molar-refractivity contribution in [3.05, 3.63) is 36.4 Å². The predicted octanol–water partition coefficient (Wildman–Crippen LogP) is -1.98. The molecule has 296 valence electrons. The Morgan fingerprint density at radius 1 is 0.755 bits per heavy atom. The van der Waals surface area contributed by atoms with Gasteiger partial charge in [-0.1, -0.05) is 0 Å². The summed E-state index contributed by atoms with van der Waals surface area (Å²) >= 11 is 0. The molecule has 0 aliphatic rings. The second-order valence-electron chi connectivity index (χ2n) is 13.5. The number of rotatable bonds is 26. The number of aryl methyl sites for hydroxylation is 2. The second kappa shape index (κ2) is 21.4. The molecule has 3 atom stereocenters. The fourth-order valence-electron chi connectivity index (χ4n) is 5.96. The smallest absolute Gasteiger partial charge is 0.346 e. The molecule has 53 heavy (non-hydrogen) atoms. The van der Waals surface area contributed by atoms with Crippen LogP contribution in [0.1, 0.15) is 63.0 Å². The van der Waals surface area contributed by atoms with E-state index in [9.17, 15) is 49.2 Å². The van der Waals surface area contributed by atoms with Crippen LogP contribution in [0.2, 0.25) is 0 Å². The number of unbranched alkanes of at least 4 members (excludes halogenated alkanes) is 2. The van der Waals surface area contributed by atoms with Crippen LogP contribution in [0.3, 0.4) is 0 Å². The minimum atomic E-state index is -1.31. The van der Waals surface area contributed by atoms with Crippen LogP contribution in [0.4, 0.5) is 4.79 Å². The van der Waals surface area contributed by atoms with Gasteiger partial charge in [-0.15, -0.1) is 0 Å². The number of aliphatic hydroxyl groups excluding tert-OH is 1. The molecule has 0 aliphatic carbocycles. The number of quaternary nitrogens is 1. The summed E-state index contributed by atoms with van der Waals surface area (Å²) in [5, 5.41) is 53.7. The zero-order valence-corrected chi connectivity index (χ0v) is 30.6. The number of imidazole rings is 2. The highest BCUT2D eigenvalue weighted by Gasteiger charge is 2.35. The number of aliphatic carboxylic acids is 4. The van der Waals surface area contributed by atoms with Crippen LogP contribution in [0.15, 0.2) is 24.8 Å². The van der Waals surface area contributed by atoms with Gasteiger partial charge in [0.2, 0.25) is 5.91 Å². The van der Waals surface area contributed by atoms with E-state index < -0.39 is 48.0 Å². The van der Waals surface area contributed by atoms with Gasteiger partial charge in [0.15, 0.2) is 26.2 Å². The van der Waals surface area contributed by atoms with Crippen molar-refractivity contribution >= 4 is 35.8 Å². The summed E-state index contributed by atoms with van der Waals surface area (Å²) in [6, 6.07) is -4.31. The second-order valence-corrected chi connectivity index (χ2v) is 13.5. The number of hydrogen-bond donors (Lipinski definition) is 9. The molecule has 0 aliphatic heterocycles. The highest BCUT2D eigenvalue weighted by Crippen LogP contribution is 2.18. The van der Waals surface area contributed by atoms with E-state index in [4.69, 9.17) is 10.8 Å². The number of amides is 3. The summed E-state index contributed by atoms with van der Waals surface area (Å²) in [7, 11) is 5.70. The minimum Gasteiger partial charge on any atom is -0.480 e. The van der Waals surface area contributed by atoms with Crippen molar-refractivity contribution in [2.24, 2.45) is 19.8 Å². The molecular formula is C33H56N9O11+3. The Morgan fingerprint density at radius 3 is 1.68 bits per heavy atom. The van der Waals surface area contributed by atoms with Crippen LogP contribution in [0, 0.1) is 0 Å². The zero-order chi connectivity index (χ0) is 39.7. The van der Waals surface area contributed by atoms with Crippen LogP contribution < -0.4 is 30.8 Å². The number of carbonyl (C=O) groups is 6. The average Bonchev–Trinajstić information content (AvgIpc) is 3.58.